The molecule has 6 nitrogen and oxygen atoms in total. The Morgan fingerprint density at radius 2 is 1.88 bits per heavy atom. The molecule has 0 aliphatic rings. The van der Waals surface area contributed by atoms with Gasteiger partial charge in [-0.05, 0) is 31.2 Å². The van der Waals surface area contributed by atoms with E-state index >= 15 is 0 Å². The number of nitrogens with zero attached hydrogens (tertiary/aromatic N) is 1. The van der Waals surface area contributed by atoms with Crippen molar-refractivity contribution in [1.82, 2.24) is 5.32 Å². The van der Waals surface area contributed by atoms with Crippen LogP contribution in [0.3, 0.4) is 0 Å². The van der Waals surface area contributed by atoms with Crippen LogP contribution in [0, 0.1) is 0 Å². The van der Waals surface area contributed by atoms with Crippen LogP contribution in [0.25, 0.3) is 0 Å². The highest BCUT2D eigenvalue weighted by atomic mass is 35.5. The molecule has 140 valence electrons. The molecule has 0 saturated carbocycles. The molecule has 1 atom stereocenters. The summed E-state index contributed by atoms with van der Waals surface area (Å²) in [5.74, 6) is 0.318. The van der Waals surface area contributed by atoms with Crippen molar-refractivity contribution in [2.45, 2.75) is 13.0 Å². The van der Waals surface area contributed by atoms with Crippen LogP contribution in [0.4, 0.5) is 5.69 Å². The molecule has 8 heteroatoms. The molecule has 1 amide bonds. The van der Waals surface area contributed by atoms with Gasteiger partial charge in [-0.25, -0.2) is 8.42 Å². The third-order valence-corrected chi connectivity index (χ3v) is 5.53. The second-order valence-corrected chi connectivity index (χ2v) is 8.25. The minimum Gasteiger partial charge on any atom is -0.496 e. The maximum atomic E-state index is 12.6. The van der Waals surface area contributed by atoms with Crippen molar-refractivity contribution >= 4 is 33.2 Å². The van der Waals surface area contributed by atoms with Crippen LogP contribution in [0.5, 0.6) is 5.75 Å². The van der Waals surface area contributed by atoms with Crippen molar-refractivity contribution < 1.29 is 17.9 Å². The Kier molecular flexibility index (Phi) is 6.15. The molecule has 0 saturated heterocycles. The number of carbonyl (C=O) groups is 1. The number of sulfonamides is 1. The van der Waals surface area contributed by atoms with Crippen molar-refractivity contribution in [3.63, 3.8) is 0 Å². The van der Waals surface area contributed by atoms with E-state index in [1.807, 2.05) is 31.2 Å². The first-order chi connectivity index (χ1) is 12.1. The van der Waals surface area contributed by atoms with Gasteiger partial charge in [-0.2, -0.15) is 0 Å². The third kappa shape index (κ3) is 4.47. The van der Waals surface area contributed by atoms with Crippen LogP contribution in [-0.2, 0) is 10.0 Å². The van der Waals surface area contributed by atoms with Crippen molar-refractivity contribution in [1.29, 1.82) is 0 Å². The average molecular weight is 397 g/mol. The van der Waals surface area contributed by atoms with Gasteiger partial charge in [-0.15, -0.1) is 0 Å². The lowest BCUT2D eigenvalue weighted by molar-refractivity contribution is 0.0939. The van der Waals surface area contributed by atoms with E-state index in [1.54, 1.807) is 7.11 Å². The number of ether oxygens (including phenoxy) is 1. The molecule has 0 heterocycles. The van der Waals surface area contributed by atoms with E-state index < -0.39 is 10.0 Å². The number of carbonyl (C=O) groups excluding carboxylic acids is 1. The molecule has 2 rings (SSSR count). The quantitative estimate of drug-likeness (QED) is 0.813. The fourth-order valence-corrected chi connectivity index (χ4v) is 3.21. The highest BCUT2D eigenvalue weighted by molar-refractivity contribution is 7.92. The molecule has 0 fully saturated rings. The van der Waals surface area contributed by atoms with Gasteiger partial charge in [0.15, 0.2) is 0 Å². The number of hydrogen-bond donors (Lipinski definition) is 1. The maximum absolute atomic E-state index is 12.6. The summed E-state index contributed by atoms with van der Waals surface area (Å²) < 4.78 is 29.6. The summed E-state index contributed by atoms with van der Waals surface area (Å²) in [5.41, 5.74) is 1.48. The lowest BCUT2D eigenvalue weighted by atomic mass is 10.1. The van der Waals surface area contributed by atoms with Crippen LogP contribution in [-0.4, -0.2) is 34.7 Å². The number of halogens is 1. The molecule has 0 aliphatic carbocycles. The van der Waals surface area contributed by atoms with Gasteiger partial charge in [0.25, 0.3) is 5.91 Å². The largest absolute Gasteiger partial charge is 0.496 e. The lowest BCUT2D eigenvalue weighted by Crippen LogP contribution is -2.28. The Hall–Kier alpha value is -2.25. The topological polar surface area (TPSA) is 75.7 Å². The number of para-hydroxylation sites is 1. The van der Waals surface area contributed by atoms with E-state index in [1.165, 1.54) is 25.2 Å². The molecule has 0 spiro atoms. The molecule has 26 heavy (non-hydrogen) atoms. The van der Waals surface area contributed by atoms with Crippen LogP contribution in [0.15, 0.2) is 42.5 Å². The normalized spacial score (nSPS) is 12.3. The van der Waals surface area contributed by atoms with Crippen LogP contribution in [0.1, 0.15) is 28.9 Å². The van der Waals surface area contributed by atoms with E-state index in [0.29, 0.717) is 11.4 Å². The smallest absolute Gasteiger partial charge is 0.253 e. The van der Waals surface area contributed by atoms with Gasteiger partial charge >= 0.3 is 0 Å². The SMILES string of the molecule is COc1ccccc1[C@H](C)NC(=O)c1ccc(N(C)S(C)(=O)=O)cc1Cl. The molecule has 0 bridgehead atoms. The maximum Gasteiger partial charge on any atom is 0.253 e. The number of rotatable bonds is 6. The Morgan fingerprint density at radius 1 is 1.23 bits per heavy atom. The molecule has 2 aromatic rings. The minimum absolute atomic E-state index is 0.169. The first kappa shape index (κ1) is 20.1. The average Bonchev–Trinajstić information content (AvgIpc) is 2.59. The lowest BCUT2D eigenvalue weighted by Gasteiger charge is -2.19. The molecular formula is C18H21ClN2O4S. The third-order valence-electron chi connectivity index (χ3n) is 4.01. The number of benzene rings is 2. The Bertz CT molecular complexity index is 915. The Balaban J connectivity index is 2.22. The van der Waals surface area contributed by atoms with Gasteiger partial charge in [0.1, 0.15) is 5.75 Å². The summed E-state index contributed by atoms with van der Waals surface area (Å²) >= 11 is 6.20. The zero-order valence-corrected chi connectivity index (χ0v) is 16.6. The standard InChI is InChI=1S/C18H21ClN2O4S/c1-12(14-7-5-6-8-17(14)25-3)20-18(22)15-10-9-13(11-16(15)19)21(2)26(4,23)24/h5-12H,1-4H3,(H,20,22)/t12-/m0/s1. The van der Waals surface area contributed by atoms with Gasteiger partial charge in [0.05, 0.1) is 35.7 Å². The fraction of sp³-hybridized carbons (Fsp3) is 0.278. The van der Waals surface area contributed by atoms with E-state index in [9.17, 15) is 13.2 Å². The molecule has 0 radical (unpaired) electrons. The number of amides is 1. The molecule has 0 aliphatic heterocycles. The summed E-state index contributed by atoms with van der Waals surface area (Å²) in [7, 11) is -0.416. The van der Waals surface area contributed by atoms with E-state index in [-0.39, 0.29) is 22.5 Å². The van der Waals surface area contributed by atoms with Crippen molar-refractivity contribution in [3.05, 3.63) is 58.6 Å². The van der Waals surface area contributed by atoms with Crippen LogP contribution >= 0.6 is 11.6 Å². The van der Waals surface area contributed by atoms with Gasteiger partial charge in [-0.3, -0.25) is 9.10 Å². The summed E-state index contributed by atoms with van der Waals surface area (Å²) in [6.45, 7) is 1.84. The van der Waals surface area contributed by atoms with Crippen molar-refractivity contribution in [3.8, 4) is 5.75 Å². The number of hydrogen-bond acceptors (Lipinski definition) is 4. The minimum atomic E-state index is -3.41. The van der Waals surface area contributed by atoms with E-state index in [2.05, 4.69) is 5.32 Å². The molecule has 0 unspecified atom stereocenters. The zero-order chi connectivity index (χ0) is 19.5. The molecule has 2 aromatic carbocycles. The highest BCUT2D eigenvalue weighted by Gasteiger charge is 2.19. The highest BCUT2D eigenvalue weighted by Crippen LogP contribution is 2.27. The fourth-order valence-electron chi connectivity index (χ4n) is 2.45. The van der Waals surface area contributed by atoms with Crippen LogP contribution in [0.2, 0.25) is 5.02 Å². The number of methoxy groups -OCH3 is 1. The zero-order valence-electron chi connectivity index (χ0n) is 15.0. The van der Waals surface area contributed by atoms with Gasteiger partial charge < -0.3 is 10.1 Å². The van der Waals surface area contributed by atoms with E-state index in [0.717, 1.165) is 16.1 Å². The van der Waals surface area contributed by atoms with Gasteiger partial charge in [-0.1, -0.05) is 29.8 Å². The van der Waals surface area contributed by atoms with Crippen molar-refractivity contribution in [2.24, 2.45) is 0 Å². The second kappa shape index (κ2) is 7.97. The number of anilines is 1. The van der Waals surface area contributed by atoms with Gasteiger partial charge in [0.2, 0.25) is 10.0 Å². The van der Waals surface area contributed by atoms with Gasteiger partial charge in [0, 0.05) is 12.6 Å². The second-order valence-electron chi connectivity index (χ2n) is 5.83. The Labute approximate surface area is 158 Å². The molecular weight excluding hydrogens is 376 g/mol. The first-order valence-corrected chi connectivity index (χ1v) is 10.0. The molecule has 0 aromatic heterocycles. The van der Waals surface area contributed by atoms with Crippen LogP contribution < -0.4 is 14.4 Å². The monoisotopic (exact) mass is 396 g/mol. The summed E-state index contributed by atoms with van der Waals surface area (Å²) in [4.78, 5) is 12.6. The summed E-state index contributed by atoms with van der Waals surface area (Å²) in [6.07, 6.45) is 1.09. The predicted octanol–water partition coefficient (Wildman–Crippen LogP) is 3.24. The summed E-state index contributed by atoms with van der Waals surface area (Å²) in [6, 6.07) is 11.6. The molecule has 1 N–H and O–H groups in total. The predicted molar refractivity (Wildman–Crippen MR) is 104 cm³/mol. The Morgan fingerprint density at radius 3 is 2.46 bits per heavy atom. The number of nitrogens with one attached hydrogen (secondary N) is 1. The first-order valence-electron chi connectivity index (χ1n) is 7.82. The van der Waals surface area contributed by atoms with Crippen molar-refractivity contribution in [2.75, 3.05) is 24.7 Å². The van der Waals surface area contributed by atoms with E-state index in [4.69, 9.17) is 16.3 Å². The summed E-state index contributed by atoms with van der Waals surface area (Å²) in [5, 5.41) is 3.04.